The summed E-state index contributed by atoms with van der Waals surface area (Å²) in [6.07, 6.45) is 2.64. The molecule has 0 aliphatic heterocycles. The van der Waals surface area contributed by atoms with Gasteiger partial charge in [-0.2, -0.15) is 0 Å². The highest BCUT2D eigenvalue weighted by atomic mass is 79.9. The van der Waals surface area contributed by atoms with Crippen molar-refractivity contribution in [2.45, 2.75) is 13.3 Å². The summed E-state index contributed by atoms with van der Waals surface area (Å²) in [5.41, 5.74) is 1.35. The number of hydrogen-bond acceptors (Lipinski definition) is 3. The first-order valence-electron chi connectivity index (χ1n) is 6.46. The molecule has 1 heterocycles. The minimum Gasteiger partial charge on any atom is -0.370 e. The maximum atomic E-state index is 12.1. The minimum atomic E-state index is -0.144. The summed E-state index contributed by atoms with van der Waals surface area (Å²) in [6.45, 7) is 2.92. The summed E-state index contributed by atoms with van der Waals surface area (Å²) in [5, 5.41) is 6.02. The Morgan fingerprint density at radius 2 is 2.00 bits per heavy atom. The highest BCUT2D eigenvalue weighted by molar-refractivity contribution is 9.10. The zero-order chi connectivity index (χ0) is 14.4. The number of halogens is 1. The first-order valence-corrected chi connectivity index (χ1v) is 7.25. The molecule has 0 saturated carbocycles. The Kier molecular flexibility index (Phi) is 5.12. The van der Waals surface area contributed by atoms with Crippen molar-refractivity contribution in [2.24, 2.45) is 0 Å². The molecular formula is C15H16BrN3O. The second-order valence-corrected chi connectivity index (χ2v) is 5.23. The number of aromatic nitrogens is 1. The molecule has 2 rings (SSSR count). The van der Waals surface area contributed by atoms with E-state index in [4.69, 9.17) is 0 Å². The van der Waals surface area contributed by atoms with Crippen LogP contribution in [0.1, 0.15) is 23.7 Å². The molecule has 1 amide bonds. The lowest BCUT2D eigenvalue weighted by Crippen LogP contribution is -2.12. The van der Waals surface area contributed by atoms with Crippen LogP contribution >= 0.6 is 15.9 Å². The van der Waals surface area contributed by atoms with Crippen LogP contribution in [0.3, 0.4) is 0 Å². The van der Waals surface area contributed by atoms with Gasteiger partial charge in [0, 0.05) is 28.5 Å². The topological polar surface area (TPSA) is 54.0 Å². The molecule has 1 aromatic heterocycles. The Morgan fingerprint density at radius 3 is 2.70 bits per heavy atom. The number of anilines is 2. The third kappa shape index (κ3) is 4.06. The molecule has 2 aromatic rings. The van der Waals surface area contributed by atoms with Crippen molar-refractivity contribution >= 4 is 33.3 Å². The van der Waals surface area contributed by atoms with Gasteiger partial charge in [-0.15, -0.1) is 0 Å². The molecule has 0 spiro atoms. The standard InChI is InChI=1S/C15H16BrN3O/c1-2-8-17-14-10-11(7-9-18-14)15(20)19-13-5-3-12(16)4-6-13/h3-7,9-10H,2,8H2,1H3,(H,17,18)(H,19,20). The molecule has 104 valence electrons. The van der Waals surface area contributed by atoms with Gasteiger partial charge in [-0.3, -0.25) is 4.79 Å². The predicted molar refractivity (Wildman–Crippen MR) is 85.1 cm³/mol. The van der Waals surface area contributed by atoms with Gasteiger partial charge in [-0.05, 0) is 42.8 Å². The lowest BCUT2D eigenvalue weighted by Gasteiger charge is -2.07. The Bertz CT molecular complexity index is 584. The van der Waals surface area contributed by atoms with Crippen LogP contribution in [0.4, 0.5) is 11.5 Å². The largest absolute Gasteiger partial charge is 0.370 e. The van der Waals surface area contributed by atoms with Gasteiger partial charge in [0.25, 0.3) is 5.91 Å². The van der Waals surface area contributed by atoms with Crippen LogP contribution in [0.25, 0.3) is 0 Å². The van der Waals surface area contributed by atoms with E-state index in [2.05, 4.69) is 38.5 Å². The van der Waals surface area contributed by atoms with Crippen molar-refractivity contribution in [2.75, 3.05) is 17.2 Å². The lowest BCUT2D eigenvalue weighted by molar-refractivity contribution is 0.102. The summed E-state index contributed by atoms with van der Waals surface area (Å²) in [7, 11) is 0. The van der Waals surface area contributed by atoms with Crippen molar-refractivity contribution < 1.29 is 4.79 Å². The van der Waals surface area contributed by atoms with Gasteiger partial charge in [0.15, 0.2) is 0 Å². The summed E-state index contributed by atoms with van der Waals surface area (Å²) in [5.74, 6) is 0.574. The van der Waals surface area contributed by atoms with Gasteiger partial charge >= 0.3 is 0 Å². The van der Waals surface area contributed by atoms with Gasteiger partial charge in [0.1, 0.15) is 5.82 Å². The molecule has 1 aromatic carbocycles. The Labute approximate surface area is 126 Å². The van der Waals surface area contributed by atoms with E-state index in [1.807, 2.05) is 24.3 Å². The molecule has 4 nitrogen and oxygen atoms in total. The van der Waals surface area contributed by atoms with Crippen molar-refractivity contribution in [3.05, 3.63) is 52.6 Å². The number of nitrogens with one attached hydrogen (secondary N) is 2. The van der Waals surface area contributed by atoms with Gasteiger partial charge in [-0.1, -0.05) is 22.9 Å². The smallest absolute Gasteiger partial charge is 0.255 e. The normalized spacial score (nSPS) is 10.1. The fraction of sp³-hybridized carbons (Fsp3) is 0.200. The SMILES string of the molecule is CCCNc1cc(C(=O)Nc2ccc(Br)cc2)ccn1. The molecular weight excluding hydrogens is 318 g/mol. The second kappa shape index (κ2) is 7.05. The van der Waals surface area contributed by atoms with Gasteiger partial charge < -0.3 is 10.6 Å². The number of nitrogens with zero attached hydrogens (tertiary/aromatic N) is 1. The number of amides is 1. The average molecular weight is 334 g/mol. The monoisotopic (exact) mass is 333 g/mol. The molecule has 0 fully saturated rings. The lowest BCUT2D eigenvalue weighted by atomic mass is 10.2. The molecule has 0 saturated heterocycles. The van der Waals surface area contributed by atoms with E-state index < -0.39 is 0 Å². The van der Waals surface area contributed by atoms with Crippen LogP contribution in [0, 0.1) is 0 Å². The van der Waals surface area contributed by atoms with E-state index >= 15 is 0 Å². The van der Waals surface area contributed by atoms with Crippen LogP contribution in [-0.2, 0) is 0 Å². The van der Waals surface area contributed by atoms with Crippen LogP contribution in [0.5, 0.6) is 0 Å². The maximum Gasteiger partial charge on any atom is 0.255 e. The molecule has 20 heavy (non-hydrogen) atoms. The highest BCUT2D eigenvalue weighted by Crippen LogP contribution is 2.15. The molecule has 0 radical (unpaired) electrons. The Hall–Kier alpha value is -1.88. The minimum absolute atomic E-state index is 0.144. The fourth-order valence-electron chi connectivity index (χ4n) is 1.66. The molecule has 0 unspecified atom stereocenters. The first kappa shape index (κ1) is 14.5. The van der Waals surface area contributed by atoms with Crippen molar-refractivity contribution in [3.63, 3.8) is 0 Å². The molecule has 5 heteroatoms. The molecule has 0 aliphatic rings. The zero-order valence-electron chi connectivity index (χ0n) is 11.2. The summed E-state index contributed by atoms with van der Waals surface area (Å²) in [4.78, 5) is 16.3. The summed E-state index contributed by atoms with van der Waals surface area (Å²) >= 11 is 3.36. The summed E-state index contributed by atoms with van der Waals surface area (Å²) < 4.78 is 0.977. The Morgan fingerprint density at radius 1 is 1.25 bits per heavy atom. The first-order chi connectivity index (χ1) is 9.69. The van der Waals surface area contributed by atoms with Crippen LogP contribution in [0.15, 0.2) is 47.1 Å². The van der Waals surface area contributed by atoms with Crippen molar-refractivity contribution in [1.29, 1.82) is 0 Å². The quantitative estimate of drug-likeness (QED) is 0.871. The molecule has 0 aliphatic carbocycles. The van der Waals surface area contributed by atoms with E-state index in [-0.39, 0.29) is 5.91 Å². The van der Waals surface area contributed by atoms with E-state index in [1.165, 1.54) is 0 Å². The third-order valence-electron chi connectivity index (χ3n) is 2.68. The van der Waals surface area contributed by atoms with E-state index in [1.54, 1.807) is 18.3 Å². The number of carbonyl (C=O) groups excluding carboxylic acids is 1. The van der Waals surface area contributed by atoms with E-state index in [9.17, 15) is 4.79 Å². The van der Waals surface area contributed by atoms with Crippen LogP contribution in [-0.4, -0.2) is 17.4 Å². The number of pyridine rings is 1. The highest BCUT2D eigenvalue weighted by Gasteiger charge is 2.07. The third-order valence-corrected chi connectivity index (χ3v) is 3.21. The van der Waals surface area contributed by atoms with Crippen LogP contribution in [0.2, 0.25) is 0 Å². The maximum absolute atomic E-state index is 12.1. The van der Waals surface area contributed by atoms with E-state index in [0.29, 0.717) is 5.56 Å². The average Bonchev–Trinajstić information content (AvgIpc) is 2.48. The van der Waals surface area contributed by atoms with Crippen LogP contribution < -0.4 is 10.6 Å². The molecule has 2 N–H and O–H groups in total. The Balaban J connectivity index is 2.06. The number of hydrogen-bond donors (Lipinski definition) is 2. The molecule has 0 atom stereocenters. The number of rotatable bonds is 5. The van der Waals surface area contributed by atoms with E-state index in [0.717, 1.165) is 28.9 Å². The van der Waals surface area contributed by atoms with Crippen molar-refractivity contribution in [3.8, 4) is 0 Å². The second-order valence-electron chi connectivity index (χ2n) is 4.32. The van der Waals surface area contributed by atoms with Gasteiger partial charge in [-0.25, -0.2) is 4.98 Å². The molecule has 0 bridgehead atoms. The van der Waals surface area contributed by atoms with Gasteiger partial charge in [0.2, 0.25) is 0 Å². The number of benzene rings is 1. The number of carbonyl (C=O) groups is 1. The van der Waals surface area contributed by atoms with Gasteiger partial charge in [0.05, 0.1) is 0 Å². The predicted octanol–water partition coefficient (Wildman–Crippen LogP) is 3.92. The summed E-state index contributed by atoms with van der Waals surface area (Å²) in [6, 6.07) is 10.9. The zero-order valence-corrected chi connectivity index (χ0v) is 12.8. The fourth-order valence-corrected chi connectivity index (χ4v) is 1.92. The van der Waals surface area contributed by atoms with Crippen molar-refractivity contribution in [1.82, 2.24) is 4.98 Å².